The van der Waals surface area contributed by atoms with E-state index in [1.807, 2.05) is 17.2 Å². The number of unbranched alkanes of at least 4 members (excludes halogenated alkanes) is 1. The third kappa shape index (κ3) is 5.16. The van der Waals surface area contributed by atoms with Crippen LogP contribution in [0, 0.1) is 5.92 Å². The number of hydrogen-bond donors (Lipinski definition) is 0. The highest BCUT2D eigenvalue weighted by molar-refractivity contribution is 5.76. The highest BCUT2D eigenvalue weighted by atomic mass is 16.4. The van der Waals surface area contributed by atoms with Crippen LogP contribution in [0.2, 0.25) is 0 Å². The van der Waals surface area contributed by atoms with Gasteiger partial charge in [0.05, 0.1) is 6.54 Å². The highest BCUT2D eigenvalue weighted by Gasteiger charge is 2.25. The van der Waals surface area contributed by atoms with E-state index < -0.39 is 0 Å². The number of pyridine rings is 1. The van der Waals surface area contributed by atoms with Crippen LogP contribution >= 0.6 is 0 Å². The van der Waals surface area contributed by atoms with Crippen molar-refractivity contribution in [2.45, 2.75) is 65.3 Å². The molecule has 1 amide bonds. The Bertz CT molecular complexity index is 709. The van der Waals surface area contributed by atoms with Gasteiger partial charge >= 0.3 is 0 Å². The zero-order valence-electron chi connectivity index (χ0n) is 15.9. The van der Waals surface area contributed by atoms with Crippen molar-refractivity contribution in [1.82, 2.24) is 14.9 Å². The molecule has 0 unspecified atom stereocenters. The monoisotopic (exact) mass is 355 g/mol. The molecule has 0 atom stereocenters. The lowest BCUT2D eigenvalue weighted by Crippen LogP contribution is -2.35. The summed E-state index contributed by atoms with van der Waals surface area (Å²) in [5, 5.41) is 0. The SMILES string of the molecule is CC(C)CCc1nc2c(o1)CCN(C(=O)CCCCc1cccnc1)C2. The number of hydrogen-bond acceptors (Lipinski definition) is 4. The van der Waals surface area contributed by atoms with Gasteiger partial charge in [-0.3, -0.25) is 9.78 Å². The molecule has 0 saturated heterocycles. The number of amides is 1. The Morgan fingerprint density at radius 3 is 2.96 bits per heavy atom. The van der Waals surface area contributed by atoms with E-state index in [4.69, 9.17) is 4.42 Å². The van der Waals surface area contributed by atoms with Crippen LogP contribution in [0.5, 0.6) is 0 Å². The molecule has 1 aliphatic heterocycles. The van der Waals surface area contributed by atoms with Gasteiger partial charge in [-0.05, 0) is 43.2 Å². The first-order chi connectivity index (χ1) is 12.6. The third-order valence-electron chi connectivity index (χ3n) is 4.89. The molecule has 140 valence electrons. The molecule has 1 aliphatic rings. The minimum Gasteiger partial charge on any atom is -0.445 e. The fourth-order valence-corrected chi connectivity index (χ4v) is 3.29. The molecular formula is C21H29N3O2. The smallest absolute Gasteiger partial charge is 0.222 e. The topological polar surface area (TPSA) is 59.2 Å². The van der Waals surface area contributed by atoms with Gasteiger partial charge in [-0.15, -0.1) is 0 Å². The number of carbonyl (C=O) groups is 1. The third-order valence-corrected chi connectivity index (χ3v) is 4.89. The van der Waals surface area contributed by atoms with Crippen LogP contribution in [0.3, 0.4) is 0 Å². The van der Waals surface area contributed by atoms with Crippen LogP contribution < -0.4 is 0 Å². The Morgan fingerprint density at radius 2 is 2.19 bits per heavy atom. The molecular weight excluding hydrogens is 326 g/mol. The number of carbonyl (C=O) groups excluding carboxylic acids is 1. The van der Waals surface area contributed by atoms with Crippen molar-refractivity contribution in [2.75, 3.05) is 6.54 Å². The predicted molar refractivity (Wildman–Crippen MR) is 101 cm³/mol. The van der Waals surface area contributed by atoms with Crippen molar-refractivity contribution in [3.8, 4) is 0 Å². The van der Waals surface area contributed by atoms with Gasteiger partial charge in [-0.2, -0.15) is 0 Å². The van der Waals surface area contributed by atoms with Crippen molar-refractivity contribution in [2.24, 2.45) is 5.92 Å². The molecule has 0 saturated carbocycles. The number of nitrogens with zero attached hydrogens (tertiary/aromatic N) is 3. The zero-order valence-corrected chi connectivity index (χ0v) is 15.9. The number of rotatable bonds is 8. The van der Waals surface area contributed by atoms with Crippen LogP contribution in [-0.2, 0) is 30.6 Å². The lowest BCUT2D eigenvalue weighted by Gasteiger charge is -2.25. The van der Waals surface area contributed by atoms with E-state index in [-0.39, 0.29) is 5.91 Å². The summed E-state index contributed by atoms with van der Waals surface area (Å²) >= 11 is 0. The van der Waals surface area contributed by atoms with Gasteiger partial charge in [-0.25, -0.2) is 4.98 Å². The number of aryl methyl sites for hydroxylation is 2. The molecule has 0 spiro atoms. The van der Waals surface area contributed by atoms with Crippen molar-refractivity contribution in [3.05, 3.63) is 47.4 Å². The lowest BCUT2D eigenvalue weighted by molar-refractivity contribution is -0.132. The van der Waals surface area contributed by atoms with Gasteiger partial charge in [0.15, 0.2) is 5.89 Å². The molecule has 0 aliphatic carbocycles. The van der Waals surface area contributed by atoms with E-state index in [1.165, 1.54) is 5.56 Å². The van der Waals surface area contributed by atoms with E-state index >= 15 is 0 Å². The van der Waals surface area contributed by atoms with Crippen LogP contribution in [0.25, 0.3) is 0 Å². The second-order valence-corrected chi connectivity index (χ2v) is 7.54. The molecule has 0 radical (unpaired) electrons. The average molecular weight is 355 g/mol. The average Bonchev–Trinajstić information content (AvgIpc) is 3.06. The summed E-state index contributed by atoms with van der Waals surface area (Å²) in [7, 11) is 0. The molecule has 2 aromatic heterocycles. The minimum absolute atomic E-state index is 0.230. The standard InChI is InChI=1S/C21H29N3O2/c1-16(2)9-10-20-23-18-15-24(13-11-19(18)26-20)21(25)8-4-3-6-17-7-5-12-22-14-17/h5,7,12,14,16H,3-4,6,8-11,13,15H2,1-2H3. The number of oxazole rings is 1. The largest absolute Gasteiger partial charge is 0.445 e. The Balaban J connectivity index is 1.43. The fourth-order valence-electron chi connectivity index (χ4n) is 3.29. The van der Waals surface area contributed by atoms with Crippen LogP contribution in [0.1, 0.15) is 62.4 Å². The van der Waals surface area contributed by atoms with E-state index in [0.717, 1.165) is 62.4 Å². The number of aromatic nitrogens is 2. The van der Waals surface area contributed by atoms with Gasteiger partial charge in [0, 0.05) is 38.2 Å². The second-order valence-electron chi connectivity index (χ2n) is 7.54. The van der Waals surface area contributed by atoms with Gasteiger partial charge < -0.3 is 9.32 Å². The second kappa shape index (κ2) is 8.97. The molecule has 3 rings (SSSR count). The van der Waals surface area contributed by atoms with Gasteiger partial charge in [0.25, 0.3) is 0 Å². The molecule has 3 heterocycles. The lowest BCUT2D eigenvalue weighted by atomic mass is 10.1. The van der Waals surface area contributed by atoms with Gasteiger partial charge in [0.1, 0.15) is 11.5 Å². The first kappa shape index (κ1) is 18.6. The minimum atomic E-state index is 0.230. The molecule has 0 fully saturated rings. The summed E-state index contributed by atoms with van der Waals surface area (Å²) in [4.78, 5) is 23.2. The molecule has 5 nitrogen and oxygen atoms in total. The van der Waals surface area contributed by atoms with E-state index in [2.05, 4.69) is 29.9 Å². The Kier molecular flexibility index (Phi) is 6.42. The van der Waals surface area contributed by atoms with E-state index in [9.17, 15) is 4.79 Å². The molecule has 2 aromatic rings. The van der Waals surface area contributed by atoms with Crippen molar-refractivity contribution in [3.63, 3.8) is 0 Å². The molecule has 0 N–H and O–H groups in total. The van der Waals surface area contributed by atoms with Gasteiger partial charge in [0.2, 0.25) is 5.91 Å². The summed E-state index contributed by atoms with van der Waals surface area (Å²) in [6.07, 6.45) is 9.94. The van der Waals surface area contributed by atoms with Crippen molar-refractivity contribution >= 4 is 5.91 Å². The van der Waals surface area contributed by atoms with E-state index in [1.54, 1.807) is 6.20 Å². The molecule has 26 heavy (non-hydrogen) atoms. The summed E-state index contributed by atoms with van der Waals surface area (Å²) < 4.78 is 5.88. The van der Waals surface area contributed by atoms with Crippen LogP contribution in [0.4, 0.5) is 0 Å². The fraction of sp³-hybridized carbons (Fsp3) is 0.571. The molecule has 0 bridgehead atoms. The van der Waals surface area contributed by atoms with Crippen molar-refractivity contribution < 1.29 is 9.21 Å². The van der Waals surface area contributed by atoms with Crippen LogP contribution in [0.15, 0.2) is 28.9 Å². The predicted octanol–water partition coefficient (Wildman–Crippen LogP) is 3.96. The Labute approximate surface area is 155 Å². The van der Waals surface area contributed by atoms with E-state index in [0.29, 0.717) is 18.9 Å². The zero-order chi connectivity index (χ0) is 18.4. The summed E-state index contributed by atoms with van der Waals surface area (Å²) in [6, 6.07) is 4.04. The van der Waals surface area contributed by atoms with Crippen LogP contribution in [-0.4, -0.2) is 27.3 Å². The highest BCUT2D eigenvalue weighted by Crippen LogP contribution is 2.22. The maximum Gasteiger partial charge on any atom is 0.222 e. The summed E-state index contributed by atoms with van der Waals surface area (Å²) in [5.74, 6) is 2.68. The first-order valence-electron chi connectivity index (χ1n) is 9.76. The molecule has 0 aromatic carbocycles. The first-order valence-corrected chi connectivity index (χ1v) is 9.76. The Hall–Kier alpha value is -2.17. The maximum atomic E-state index is 12.5. The summed E-state index contributed by atoms with van der Waals surface area (Å²) in [6.45, 7) is 5.75. The quantitative estimate of drug-likeness (QED) is 0.673. The van der Waals surface area contributed by atoms with Gasteiger partial charge in [-0.1, -0.05) is 19.9 Å². The Morgan fingerprint density at radius 1 is 1.31 bits per heavy atom. The molecule has 5 heteroatoms. The van der Waals surface area contributed by atoms with Crippen molar-refractivity contribution in [1.29, 1.82) is 0 Å². The normalized spacial score (nSPS) is 13.9. The maximum absolute atomic E-state index is 12.5. The summed E-state index contributed by atoms with van der Waals surface area (Å²) in [5.41, 5.74) is 2.19. The number of fused-ring (bicyclic) bond motifs is 1.